The van der Waals surface area contributed by atoms with Crippen LogP contribution in [0.1, 0.15) is 12.0 Å². The number of carboxylic acid groups (broad SMARTS) is 1. The third-order valence-electron chi connectivity index (χ3n) is 7.03. The largest absolute Gasteiger partial charge is 0.512 e. The third-order valence-corrected chi connectivity index (χ3v) is 7.03. The number of rotatable bonds is 8. The molecule has 6 heteroatoms. The first-order valence-corrected chi connectivity index (χ1v) is 13.1. The Morgan fingerprint density at radius 2 is 1.52 bits per heavy atom. The second-order valence-electron chi connectivity index (χ2n) is 9.52. The summed E-state index contributed by atoms with van der Waals surface area (Å²) in [6.07, 6.45) is -0.242. The van der Waals surface area contributed by atoms with Gasteiger partial charge in [0.05, 0.1) is 12.1 Å². The standard InChI is InChI=1S/C34H26FNO4/c35-30-21-24(18-19-25(30)22-9-2-1-3-10-22)27-14-7-15-28-29(33(36-32(27)28)40-34(37)38)16-8-20-39-31-17-6-12-23-11-4-5-13-26(23)31/h1-7,9-15,17-19,21,36H,8,16,20H2,(H,37,38). The molecule has 6 rings (SSSR count). The molecule has 5 nitrogen and oxygen atoms in total. The van der Waals surface area contributed by atoms with Gasteiger partial charge in [0, 0.05) is 27.5 Å². The third kappa shape index (κ3) is 4.99. The second kappa shape index (κ2) is 10.9. The number of aryl methyl sites for hydroxylation is 1. The van der Waals surface area contributed by atoms with Crippen molar-refractivity contribution < 1.29 is 23.8 Å². The second-order valence-corrected chi connectivity index (χ2v) is 9.52. The van der Waals surface area contributed by atoms with Gasteiger partial charge in [-0.05, 0) is 41.5 Å². The maximum atomic E-state index is 15.2. The topological polar surface area (TPSA) is 71.5 Å². The van der Waals surface area contributed by atoms with Crippen LogP contribution in [-0.4, -0.2) is 22.9 Å². The minimum absolute atomic E-state index is 0.168. The molecule has 0 unspecified atom stereocenters. The lowest BCUT2D eigenvalue weighted by Crippen LogP contribution is -2.06. The van der Waals surface area contributed by atoms with Crippen LogP contribution in [0, 0.1) is 5.82 Å². The number of aromatic nitrogens is 1. The molecule has 5 aromatic carbocycles. The van der Waals surface area contributed by atoms with E-state index >= 15 is 4.39 Å². The minimum atomic E-state index is -1.40. The molecule has 1 heterocycles. The Bertz CT molecular complexity index is 1820. The molecule has 198 valence electrons. The molecule has 0 radical (unpaired) electrons. The lowest BCUT2D eigenvalue weighted by Gasteiger charge is -2.10. The zero-order valence-corrected chi connectivity index (χ0v) is 21.6. The Hall–Kier alpha value is -5.10. The summed E-state index contributed by atoms with van der Waals surface area (Å²) < 4.78 is 26.4. The SMILES string of the molecule is O=C(O)Oc1[nH]c2c(-c3ccc(-c4ccccc4)c(F)c3)cccc2c1CCCOc1cccc2ccccc12. The van der Waals surface area contributed by atoms with Crippen molar-refractivity contribution in [3.63, 3.8) is 0 Å². The summed E-state index contributed by atoms with van der Waals surface area (Å²) in [4.78, 5) is 14.6. The average molecular weight is 532 g/mol. The van der Waals surface area contributed by atoms with Gasteiger partial charge in [-0.3, -0.25) is 0 Å². The zero-order valence-electron chi connectivity index (χ0n) is 21.6. The Balaban J connectivity index is 1.28. The molecule has 0 atom stereocenters. The molecule has 0 aliphatic heterocycles. The molecule has 0 amide bonds. The van der Waals surface area contributed by atoms with Crippen LogP contribution >= 0.6 is 0 Å². The van der Waals surface area contributed by atoms with Gasteiger partial charge in [-0.15, -0.1) is 0 Å². The van der Waals surface area contributed by atoms with Crippen LogP contribution in [0.3, 0.4) is 0 Å². The van der Waals surface area contributed by atoms with E-state index in [1.165, 1.54) is 6.07 Å². The first-order valence-electron chi connectivity index (χ1n) is 13.1. The molecule has 0 saturated heterocycles. The van der Waals surface area contributed by atoms with Crippen molar-refractivity contribution >= 4 is 27.8 Å². The summed E-state index contributed by atoms with van der Waals surface area (Å²) in [5, 5.41) is 12.4. The molecule has 0 spiro atoms. The number of para-hydroxylation sites is 1. The van der Waals surface area contributed by atoms with Gasteiger partial charge in [-0.25, -0.2) is 9.18 Å². The summed E-state index contributed by atoms with van der Waals surface area (Å²) in [6.45, 7) is 0.443. The van der Waals surface area contributed by atoms with Crippen LogP contribution < -0.4 is 9.47 Å². The molecule has 0 fully saturated rings. The van der Waals surface area contributed by atoms with Crippen molar-refractivity contribution in [3.05, 3.63) is 121 Å². The number of benzene rings is 5. The molecule has 2 N–H and O–H groups in total. The summed E-state index contributed by atoms with van der Waals surface area (Å²) >= 11 is 0. The van der Waals surface area contributed by atoms with Gasteiger partial charge in [0.25, 0.3) is 0 Å². The van der Waals surface area contributed by atoms with Crippen LogP contribution in [0.2, 0.25) is 0 Å². The van der Waals surface area contributed by atoms with E-state index in [-0.39, 0.29) is 11.7 Å². The normalized spacial score (nSPS) is 11.1. The maximum absolute atomic E-state index is 15.2. The monoisotopic (exact) mass is 531 g/mol. The molecule has 0 saturated carbocycles. The fourth-order valence-electron chi connectivity index (χ4n) is 5.20. The number of carbonyl (C=O) groups is 1. The number of fused-ring (bicyclic) bond motifs is 2. The molecule has 1 aromatic heterocycles. The van der Waals surface area contributed by atoms with Crippen LogP contribution in [0.5, 0.6) is 11.6 Å². The van der Waals surface area contributed by atoms with Crippen molar-refractivity contribution in [2.75, 3.05) is 6.61 Å². The fourth-order valence-corrected chi connectivity index (χ4v) is 5.20. The highest BCUT2D eigenvalue weighted by Crippen LogP contribution is 2.37. The molecule has 0 bridgehead atoms. The minimum Gasteiger partial charge on any atom is -0.493 e. The van der Waals surface area contributed by atoms with E-state index in [9.17, 15) is 9.90 Å². The lowest BCUT2D eigenvalue weighted by atomic mass is 9.97. The van der Waals surface area contributed by atoms with Gasteiger partial charge in [0.2, 0.25) is 5.88 Å². The predicted octanol–water partition coefficient (Wildman–Crippen LogP) is 8.86. The number of H-pyrrole nitrogens is 1. The Morgan fingerprint density at radius 1 is 0.775 bits per heavy atom. The fraction of sp³-hybridized carbons (Fsp3) is 0.0882. The van der Waals surface area contributed by atoms with Crippen molar-refractivity contribution in [3.8, 4) is 33.9 Å². The smallest absolute Gasteiger partial charge is 0.493 e. The predicted molar refractivity (Wildman–Crippen MR) is 156 cm³/mol. The first kappa shape index (κ1) is 25.2. The summed E-state index contributed by atoms with van der Waals surface area (Å²) in [5.41, 5.74) is 4.18. The number of nitrogens with one attached hydrogen (secondary N) is 1. The van der Waals surface area contributed by atoms with Crippen LogP contribution in [0.4, 0.5) is 9.18 Å². The van der Waals surface area contributed by atoms with E-state index in [0.29, 0.717) is 36.1 Å². The van der Waals surface area contributed by atoms with E-state index < -0.39 is 6.16 Å². The zero-order chi connectivity index (χ0) is 27.5. The summed E-state index contributed by atoms with van der Waals surface area (Å²) in [5.74, 6) is 0.642. The van der Waals surface area contributed by atoms with Gasteiger partial charge in [-0.1, -0.05) is 97.1 Å². The van der Waals surface area contributed by atoms with Crippen molar-refractivity contribution in [2.24, 2.45) is 0 Å². The average Bonchev–Trinajstić information content (AvgIpc) is 3.32. The van der Waals surface area contributed by atoms with E-state index in [4.69, 9.17) is 9.47 Å². The van der Waals surface area contributed by atoms with E-state index in [1.807, 2.05) is 97.1 Å². The van der Waals surface area contributed by atoms with Gasteiger partial charge in [0.15, 0.2) is 0 Å². The van der Waals surface area contributed by atoms with Crippen LogP contribution in [0.25, 0.3) is 43.9 Å². The van der Waals surface area contributed by atoms with Gasteiger partial charge >= 0.3 is 6.16 Å². The summed E-state index contributed by atoms with van der Waals surface area (Å²) in [6, 6.07) is 34.2. The molecule has 6 aromatic rings. The van der Waals surface area contributed by atoms with Crippen LogP contribution in [0.15, 0.2) is 109 Å². The highest BCUT2D eigenvalue weighted by molar-refractivity contribution is 5.98. The number of aromatic amines is 1. The molecular formula is C34H26FNO4. The lowest BCUT2D eigenvalue weighted by molar-refractivity contribution is 0.142. The quantitative estimate of drug-likeness (QED) is 0.152. The molecular weight excluding hydrogens is 505 g/mol. The van der Waals surface area contributed by atoms with Crippen molar-refractivity contribution in [1.29, 1.82) is 0 Å². The highest BCUT2D eigenvalue weighted by atomic mass is 19.1. The number of hydrogen-bond acceptors (Lipinski definition) is 3. The highest BCUT2D eigenvalue weighted by Gasteiger charge is 2.19. The Morgan fingerprint density at radius 3 is 2.35 bits per heavy atom. The number of hydrogen-bond donors (Lipinski definition) is 2. The maximum Gasteiger partial charge on any atom is 0.512 e. The molecule has 0 aliphatic rings. The van der Waals surface area contributed by atoms with E-state index in [1.54, 1.807) is 6.07 Å². The van der Waals surface area contributed by atoms with Crippen molar-refractivity contribution in [2.45, 2.75) is 12.8 Å². The molecule has 40 heavy (non-hydrogen) atoms. The van der Waals surface area contributed by atoms with Gasteiger partial charge in [0.1, 0.15) is 11.6 Å². The van der Waals surface area contributed by atoms with Gasteiger partial charge < -0.3 is 19.6 Å². The molecule has 0 aliphatic carbocycles. The Kier molecular flexibility index (Phi) is 6.89. The Labute approximate surface area is 230 Å². The van der Waals surface area contributed by atoms with Crippen LogP contribution in [-0.2, 0) is 6.42 Å². The summed E-state index contributed by atoms with van der Waals surface area (Å²) in [7, 11) is 0. The van der Waals surface area contributed by atoms with Gasteiger partial charge in [-0.2, -0.15) is 0 Å². The van der Waals surface area contributed by atoms with Crippen molar-refractivity contribution in [1.82, 2.24) is 4.98 Å². The number of ether oxygens (including phenoxy) is 2. The first-order chi connectivity index (χ1) is 19.6. The number of halogens is 1. The van der Waals surface area contributed by atoms with E-state index in [2.05, 4.69) is 4.98 Å². The van der Waals surface area contributed by atoms with E-state index in [0.717, 1.165) is 38.6 Å².